The Balaban J connectivity index is 1.57. The maximum absolute atomic E-state index is 11.7. The van der Waals surface area contributed by atoms with Crippen molar-refractivity contribution >= 4 is 17.6 Å². The molecule has 1 atom stereocenters. The number of nitrogens with zero attached hydrogens (tertiary/aromatic N) is 1. The summed E-state index contributed by atoms with van der Waals surface area (Å²) in [5.74, 6) is -0.323. The first kappa shape index (κ1) is 22.8. The van der Waals surface area contributed by atoms with E-state index < -0.39 is 6.10 Å². The number of likely N-dealkylation sites (tertiary alicyclic amines) is 1. The van der Waals surface area contributed by atoms with Gasteiger partial charge in [0, 0.05) is 10.6 Å². The topological polar surface area (TPSA) is 55.8 Å². The fraction of sp³-hybridized carbons (Fsp3) is 0.458. The van der Waals surface area contributed by atoms with Crippen molar-refractivity contribution < 1.29 is 23.9 Å². The van der Waals surface area contributed by atoms with Crippen LogP contribution in [0.3, 0.4) is 0 Å². The molecule has 0 amide bonds. The summed E-state index contributed by atoms with van der Waals surface area (Å²) < 4.78 is 11.4. The molecule has 1 N–H and O–H groups in total. The highest BCUT2D eigenvalue weighted by molar-refractivity contribution is 6.30. The van der Waals surface area contributed by atoms with E-state index in [0.29, 0.717) is 30.3 Å². The Hall–Kier alpha value is -1.92. The summed E-state index contributed by atoms with van der Waals surface area (Å²) in [6.07, 6.45) is 3.05. The van der Waals surface area contributed by atoms with Crippen LogP contribution in [0.4, 0.5) is 0 Å². The minimum atomic E-state index is -0.523. The number of rotatable bonds is 9. The highest BCUT2D eigenvalue weighted by Crippen LogP contribution is 2.24. The number of aliphatic hydroxyl groups excluding tert-OH is 1. The summed E-state index contributed by atoms with van der Waals surface area (Å²) >= 11 is 5.91. The molecule has 3 rings (SSSR count). The van der Waals surface area contributed by atoms with E-state index in [1.165, 1.54) is 31.9 Å². The van der Waals surface area contributed by atoms with Crippen LogP contribution in [0, 0.1) is 0 Å². The van der Waals surface area contributed by atoms with Gasteiger partial charge in [-0.15, -0.1) is 0 Å². The second kappa shape index (κ2) is 10.9. The minimum Gasteiger partial charge on any atom is -0.465 e. The maximum atomic E-state index is 11.7. The standard InChI is InChI=1S/C24H31ClNO4/c1-29-24(28)21-9-5-19(6-10-21)15-26(13-3-2-4-14-26)16-23(27)18-30-17-20-7-11-22(25)12-8-20/h5-12,23,27H,2-4,13-18H2,1H3/q+1/t23-/m1/s1. The molecule has 1 fully saturated rings. The molecule has 0 aliphatic carbocycles. The Kier molecular flexibility index (Phi) is 8.28. The van der Waals surface area contributed by atoms with Crippen LogP contribution in [0.5, 0.6) is 0 Å². The van der Waals surface area contributed by atoms with Gasteiger partial charge >= 0.3 is 5.97 Å². The van der Waals surface area contributed by atoms with Crippen molar-refractivity contribution in [1.82, 2.24) is 0 Å². The zero-order valence-electron chi connectivity index (χ0n) is 17.6. The molecule has 0 radical (unpaired) electrons. The SMILES string of the molecule is COC(=O)c1ccc(C[N+]2(C[C@@H](O)COCc3ccc(Cl)cc3)CCCCC2)cc1. The van der Waals surface area contributed by atoms with Gasteiger partial charge in [0.1, 0.15) is 19.2 Å². The molecule has 0 unspecified atom stereocenters. The Bertz CT molecular complexity index is 801. The van der Waals surface area contributed by atoms with Crippen LogP contribution in [0.15, 0.2) is 48.5 Å². The van der Waals surface area contributed by atoms with Gasteiger partial charge in [-0.25, -0.2) is 4.79 Å². The minimum absolute atomic E-state index is 0.309. The van der Waals surface area contributed by atoms with Crippen molar-refractivity contribution in [1.29, 1.82) is 0 Å². The van der Waals surface area contributed by atoms with E-state index in [0.717, 1.165) is 29.7 Å². The lowest BCUT2D eigenvalue weighted by Gasteiger charge is -2.43. The first-order valence-electron chi connectivity index (χ1n) is 10.5. The number of esters is 1. The summed E-state index contributed by atoms with van der Waals surface area (Å²) in [7, 11) is 1.39. The molecule has 1 aliphatic rings. The quantitative estimate of drug-likeness (QED) is 0.476. The second-order valence-electron chi connectivity index (χ2n) is 8.17. The number of carbonyl (C=O) groups is 1. The van der Waals surface area contributed by atoms with E-state index in [4.69, 9.17) is 21.1 Å². The largest absolute Gasteiger partial charge is 0.465 e. The first-order valence-corrected chi connectivity index (χ1v) is 10.9. The van der Waals surface area contributed by atoms with Crippen molar-refractivity contribution in [3.05, 3.63) is 70.2 Å². The molecule has 0 bridgehead atoms. The summed E-state index contributed by atoms with van der Waals surface area (Å²) in [4.78, 5) is 11.7. The predicted molar refractivity (Wildman–Crippen MR) is 117 cm³/mol. The number of benzene rings is 2. The molecule has 5 nitrogen and oxygen atoms in total. The lowest BCUT2D eigenvalue weighted by Crippen LogP contribution is -2.55. The lowest BCUT2D eigenvalue weighted by molar-refractivity contribution is -0.947. The van der Waals surface area contributed by atoms with Crippen LogP contribution in [0.1, 0.15) is 40.7 Å². The van der Waals surface area contributed by atoms with E-state index in [-0.39, 0.29) is 5.97 Å². The molecule has 0 aromatic heterocycles. The molecule has 2 aromatic rings. The van der Waals surface area contributed by atoms with Crippen LogP contribution in [0.25, 0.3) is 0 Å². The number of quaternary nitrogens is 1. The normalized spacial score (nSPS) is 16.8. The molecule has 6 heteroatoms. The van der Waals surface area contributed by atoms with E-state index in [1.807, 2.05) is 48.5 Å². The molecule has 1 heterocycles. The van der Waals surface area contributed by atoms with Gasteiger partial charge in [-0.3, -0.25) is 0 Å². The molecular formula is C24H31ClNO4+. The van der Waals surface area contributed by atoms with E-state index in [9.17, 15) is 9.90 Å². The number of halogens is 1. The molecule has 0 spiro atoms. The van der Waals surface area contributed by atoms with Crippen molar-refractivity contribution in [2.45, 2.75) is 38.5 Å². The number of methoxy groups -OCH3 is 1. The predicted octanol–water partition coefficient (Wildman–Crippen LogP) is 4.21. The van der Waals surface area contributed by atoms with Gasteiger partial charge in [-0.05, 0) is 49.1 Å². The molecule has 1 aliphatic heterocycles. The van der Waals surface area contributed by atoms with Gasteiger partial charge in [0.05, 0.1) is 39.0 Å². The number of carbonyl (C=O) groups excluding carboxylic acids is 1. The van der Waals surface area contributed by atoms with Gasteiger partial charge in [0.15, 0.2) is 0 Å². The van der Waals surface area contributed by atoms with Crippen molar-refractivity contribution in [2.75, 3.05) is 33.4 Å². The third-order valence-corrected chi connectivity index (χ3v) is 6.00. The summed E-state index contributed by atoms with van der Waals surface area (Å²) in [5.41, 5.74) is 2.76. The number of piperidine rings is 1. The van der Waals surface area contributed by atoms with Gasteiger partial charge in [0.25, 0.3) is 0 Å². The smallest absolute Gasteiger partial charge is 0.337 e. The Morgan fingerprint density at radius 1 is 1.03 bits per heavy atom. The van der Waals surface area contributed by atoms with E-state index in [1.54, 1.807) is 0 Å². The molecule has 1 saturated heterocycles. The van der Waals surface area contributed by atoms with Crippen LogP contribution in [-0.2, 0) is 22.6 Å². The van der Waals surface area contributed by atoms with Gasteiger partial charge in [-0.2, -0.15) is 0 Å². The first-order chi connectivity index (χ1) is 14.5. The summed E-state index contributed by atoms with van der Waals surface area (Å²) in [6.45, 7) is 4.38. The average molecular weight is 433 g/mol. The van der Waals surface area contributed by atoms with Crippen LogP contribution in [0.2, 0.25) is 5.02 Å². The van der Waals surface area contributed by atoms with Crippen molar-refractivity contribution in [3.8, 4) is 0 Å². The molecule has 2 aromatic carbocycles. The van der Waals surface area contributed by atoms with Gasteiger partial charge < -0.3 is 19.1 Å². The molecular weight excluding hydrogens is 402 g/mol. The average Bonchev–Trinajstić information content (AvgIpc) is 2.75. The van der Waals surface area contributed by atoms with Crippen molar-refractivity contribution in [2.24, 2.45) is 0 Å². The Morgan fingerprint density at radius 3 is 2.30 bits per heavy atom. The van der Waals surface area contributed by atoms with E-state index in [2.05, 4.69) is 0 Å². The number of hydrogen-bond acceptors (Lipinski definition) is 4. The zero-order valence-corrected chi connectivity index (χ0v) is 18.3. The Labute approximate surface area is 183 Å². The summed E-state index contributed by atoms with van der Waals surface area (Å²) in [5, 5.41) is 11.4. The van der Waals surface area contributed by atoms with Crippen LogP contribution >= 0.6 is 11.6 Å². The summed E-state index contributed by atoms with van der Waals surface area (Å²) in [6, 6.07) is 15.2. The fourth-order valence-electron chi connectivity index (χ4n) is 4.23. The van der Waals surface area contributed by atoms with Gasteiger partial charge in [0.2, 0.25) is 0 Å². The second-order valence-corrected chi connectivity index (χ2v) is 8.61. The van der Waals surface area contributed by atoms with Crippen LogP contribution in [-0.4, -0.2) is 55.0 Å². The Morgan fingerprint density at radius 2 is 1.67 bits per heavy atom. The monoisotopic (exact) mass is 432 g/mol. The number of hydrogen-bond donors (Lipinski definition) is 1. The fourth-order valence-corrected chi connectivity index (χ4v) is 4.36. The zero-order chi connectivity index (χ0) is 21.4. The number of ether oxygens (including phenoxy) is 2. The molecule has 30 heavy (non-hydrogen) atoms. The van der Waals surface area contributed by atoms with Gasteiger partial charge in [-0.1, -0.05) is 35.9 Å². The maximum Gasteiger partial charge on any atom is 0.337 e. The third-order valence-electron chi connectivity index (χ3n) is 5.75. The molecule has 162 valence electrons. The highest BCUT2D eigenvalue weighted by atomic mass is 35.5. The highest BCUT2D eigenvalue weighted by Gasteiger charge is 2.32. The molecule has 0 saturated carbocycles. The lowest BCUT2D eigenvalue weighted by atomic mass is 10.0. The van der Waals surface area contributed by atoms with E-state index >= 15 is 0 Å². The number of aliphatic hydroxyl groups is 1. The van der Waals surface area contributed by atoms with Crippen LogP contribution < -0.4 is 0 Å². The third kappa shape index (κ3) is 6.54. The van der Waals surface area contributed by atoms with Crippen molar-refractivity contribution in [3.63, 3.8) is 0 Å².